The Bertz CT molecular complexity index is 1110. The Morgan fingerprint density at radius 3 is 2.27 bits per heavy atom. The highest BCUT2D eigenvalue weighted by Crippen LogP contribution is 2.39. The van der Waals surface area contributed by atoms with Crippen LogP contribution in [0.1, 0.15) is 24.2 Å². The van der Waals surface area contributed by atoms with Gasteiger partial charge < -0.3 is 14.8 Å². The maximum Gasteiger partial charge on any atom is 0.247 e. The summed E-state index contributed by atoms with van der Waals surface area (Å²) in [4.78, 5) is 0.278. The lowest BCUT2D eigenvalue weighted by Gasteiger charge is -2.37. The van der Waals surface area contributed by atoms with E-state index in [9.17, 15) is 8.42 Å². The van der Waals surface area contributed by atoms with Crippen LogP contribution in [0, 0.1) is 0 Å². The third-order valence-corrected chi connectivity index (χ3v) is 6.93. The minimum absolute atomic E-state index is 0.228. The molecule has 6 nitrogen and oxygen atoms in total. The van der Waals surface area contributed by atoms with Crippen LogP contribution in [-0.4, -0.2) is 26.4 Å². The lowest BCUT2D eigenvalue weighted by atomic mass is 10.1. The second kappa shape index (κ2) is 8.38. The quantitative estimate of drug-likeness (QED) is 0.635. The maximum atomic E-state index is 13.5. The molecule has 1 aliphatic rings. The number of para-hydroxylation sites is 1. The van der Waals surface area contributed by atoms with Crippen molar-refractivity contribution in [1.29, 1.82) is 0 Å². The molecule has 0 saturated carbocycles. The van der Waals surface area contributed by atoms with Crippen LogP contribution < -0.4 is 14.8 Å². The van der Waals surface area contributed by atoms with Gasteiger partial charge in [-0.1, -0.05) is 36.4 Å². The Kier molecular flexibility index (Phi) is 5.65. The van der Waals surface area contributed by atoms with E-state index in [1.165, 1.54) is 4.31 Å². The number of nitrogens with one attached hydrogen (secondary N) is 1. The van der Waals surface area contributed by atoms with Crippen molar-refractivity contribution in [2.45, 2.75) is 24.5 Å². The van der Waals surface area contributed by atoms with E-state index < -0.39 is 16.2 Å². The summed E-state index contributed by atoms with van der Waals surface area (Å²) in [6, 6.07) is 21.9. The van der Waals surface area contributed by atoms with Gasteiger partial charge in [-0.2, -0.15) is 4.31 Å². The number of methoxy groups -OCH3 is 1. The molecule has 1 atom stereocenters. The molecule has 0 radical (unpaired) electrons. The van der Waals surface area contributed by atoms with Gasteiger partial charge in [-0.3, -0.25) is 0 Å². The summed E-state index contributed by atoms with van der Waals surface area (Å²) in [5.41, 5.74) is 2.31. The first-order chi connectivity index (χ1) is 14.5. The molecule has 30 heavy (non-hydrogen) atoms. The second-order valence-corrected chi connectivity index (χ2v) is 8.80. The van der Waals surface area contributed by atoms with Gasteiger partial charge in [-0.05, 0) is 54.4 Å². The molecular weight excluding hydrogens is 400 g/mol. The average molecular weight is 425 g/mol. The fourth-order valence-corrected chi connectivity index (χ4v) is 5.22. The third-order valence-electron chi connectivity index (χ3n) is 5.06. The predicted molar refractivity (Wildman–Crippen MR) is 116 cm³/mol. The molecule has 0 unspecified atom stereocenters. The summed E-state index contributed by atoms with van der Waals surface area (Å²) in [7, 11) is -2.10. The van der Waals surface area contributed by atoms with E-state index in [0.717, 1.165) is 22.6 Å². The van der Waals surface area contributed by atoms with Crippen LogP contribution >= 0.6 is 0 Å². The molecule has 7 heteroatoms. The van der Waals surface area contributed by atoms with Gasteiger partial charge >= 0.3 is 0 Å². The summed E-state index contributed by atoms with van der Waals surface area (Å²) >= 11 is 0. The Morgan fingerprint density at radius 2 is 1.60 bits per heavy atom. The van der Waals surface area contributed by atoms with Gasteiger partial charge in [-0.25, -0.2) is 8.42 Å². The number of anilines is 1. The number of nitrogens with zero attached hydrogens (tertiary/aromatic N) is 1. The van der Waals surface area contributed by atoms with E-state index in [4.69, 9.17) is 9.47 Å². The highest BCUT2D eigenvalue weighted by atomic mass is 32.2. The second-order valence-electron chi connectivity index (χ2n) is 6.94. The van der Waals surface area contributed by atoms with Crippen molar-refractivity contribution in [3.8, 4) is 11.5 Å². The van der Waals surface area contributed by atoms with Crippen LogP contribution in [0.25, 0.3) is 0 Å². The van der Waals surface area contributed by atoms with Gasteiger partial charge in [0.15, 0.2) is 0 Å². The van der Waals surface area contributed by atoms with E-state index in [-0.39, 0.29) is 11.4 Å². The smallest absolute Gasteiger partial charge is 0.247 e. The lowest BCUT2D eigenvalue weighted by Crippen LogP contribution is -2.42. The average Bonchev–Trinajstić information content (AvgIpc) is 2.77. The summed E-state index contributed by atoms with van der Waals surface area (Å²) in [5.74, 6) is 1.48. The number of fused-ring (bicyclic) bond motifs is 1. The van der Waals surface area contributed by atoms with Gasteiger partial charge in [0.2, 0.25) is 10.0 Å². The monoisotopic (exact) mass is 424 g/mol. The largest absolute Gasteiger partial charge is 0.497 e. The molecule has 0 aliphatic carbocycles. The first-order valence-corrected chi connectivity index (χ1v) is 11.2. The van der Waals surface area contributed by atoms with Gasteiger partial charge in [-0.15, -0.1) is 0 Å². The summed E-state index contributed by atoms with van der Waals surface area (Å²) in [5, 5.41) is 3.39. The molecule has 0 saturated heterocycles. The number of benzene rings is 3. The summed E-state index contributed by atoms with van der Waals surface area (Å²) < 4.78 is 39.3. The highest BCUT2D eigenvalue weighted by Gasteiger charge is 2.38. The topological polar surface area (TPSA) is 67.9 Å². The van der Waals surface area contributed by atoms with Crippen molar-refractivity contribution in [2.75, 3.05) is 19.0 Å². The van der Waals surface area contributed by atoms with Crippen molar-refractivity contribution < 1.29 is 17.9 Å². The van der Waals surface area contributed by atoms with Crippen molar-refractivity contribution >= 4 is 15.7 Å². The van der Waals surface area contributed by atoms with Crippen molar-refractivity contribution in [3.63, 3.8) is 0 Å². The van der Waals surface area contributed by atoms with Crippen LogP contribution in [-0.2, 0) is 16.6 Å². The lowest BCUT2D eigenvalue weighted by molar-refractivity contribution is 0.332. The molecule has 1 heterocycles. The zero-order chi connectivity index (χ0) is 21.1. The van der Waals surface area contributed by atoms with E-state index in [2.05, 4.69) is 5.32 Å². The van der Waals surface area contributed by atoms with Crippen LogP contribution in [0.5, 0.6) is 11.5 Å². The number of ether oxygens (including phenoxy) is 2. The van der Waals surface area contributed by atoms with E-state index in [1.807, 2.05) is 61.5 Å². The molecule has 1 aliphatic heterocycles. The number of sulfonamides is 1. The molecule has 0 spiro atoms. The maximum absolute atomic E-state index is 13.5. The molecule has 0 aromatic heterocycles. The van der Waals surface area contributed by atoms with Crippen LogP contribution in [0.15, 0.2) is 77.7 Å². The fourth-order valence-electron chi connectivity index (χ4n) is 3.54. The van der Waals surface area contributed by atoms with E-state index in [1.54, 1.807) is 25.3 Å². The molecule has 4 rings (SSSR count). The van der Waals surface area contributed by atoms with Gasteiger partial charge in [0, 0.05) is 6.54 Å². The van der Waals surface area contributed by atoms with Crippen molar-refractivity contribution in [3.05, 3.63) is 83.9 Å². The highest BCUT2D eigenvalue weighted by molar-refractivity contribution is 7.89. The number of hydrogen-bond donors (Lipinski definition) is 1. The van der Waals surface area contributed by atoms with Gasteiger partial charge in [0.1, 0.15) is 22.6 Å². The molecule has 0 bridgehead atoms. The molecule has 0 fully saturated rings. The van der Waals surface area contributed by atoms with E-state index >= 15 is 0 Å². The Balaban J connectivity index is 1.74. The number of rotatable bonds is 6. The molecule has 1 N–H and O–H groups in total. The van der Waals surface area contributed by atoms with Gasteiger partial charge in [0.25, 0.3) is 0 Å². The predicted octanol–water partition coefficient (Wildman–Crippen LogP) is 4.41. The van der Waals surface area contributed by atoms with Crippen LogP contribution in [0.3, 0.4) is 0 Å². The summed E-state index contributed by atoms with van der Waals surface area (Å²) in [6.45, 7) is 2.73. The molecule has 3 aromatic carbocycles. The normalized spacial score (nSPS) is 17.6. The Labute approximate surface area is 177 Å². The first-order valence-electron chi connectivity index (χ1n) is 9.76. The molecule has 156 valence electrons. The minimum atomic E-state index is -3.71. The summed E-state index contributed by atoms with van der Waals surface area (Å²) in [6.07, 6.45) is -0.539. The van der Waals surface area contributed by atoms with Gasteiger partial charge in [0.05, 0.1) is 19.4 Å². The SMILES string of the molecule is CCOc1ccc([C@@H]2Nc3ccccc3S(=O)(=O)N2Cc2ccc(OC)cc2)cc1. The Hall–Kier alpha value is -3.03. The van der Waals surface area contributed by atoms with Crippen molar-refractivity contribution in [2.24, 2.45) is 0 Å². The van der Waals surface area contributed by atoms with Crippen molar-refractivity contribution in [1.82, 2.24) is 4.31 Å². The molecule has 0 amide bonds. The molecular formula is C23H24N2O4S. The zero-order valence-corrected chi connectivity index (χ0v) is 17.7. The first kappa shape index (κ1) is 20.3. The fraction of sp³-hybridized carbons (Fsp3) is 0.217. The van der Waals surface area contributed by atoms with E-state index in [0.29, 0.717) is 12.3 Å². The van der Waals surface area contributed by atoms with Crippen LogP contribution in [0.2, 0.25) is 0 Å². The molecule has 3 aromatic rings. The standard InChI is InChI=1S/C23H24N2O4S/c1-3-29-20-14-10-18(11-15-20)23-24-21-6-4-5-7-22(21)30(26,27)25(23)16-17-8-12-19(28-2)13-9-17/h4-15,23-24H,3,16H2,1-2H3/t23-/m1/s1. The zero-order valence-electron chi connectivity index (χ0n) is 16.9. The third kappa shape index (κ3) is 3.86. The van der Waals surface area contributed by atoms with Crippen LogP contribution in [0.4, 0.5) is 5.69 Å². The minimum Gasteiger partial charge on any atom is -0.497 e. The Morgan fingerprint density at radius 1 is 0.933 bits per heavy atom. The number of hydrogen-bond acceptors (Lipinski definition) is 5.